The third kappa shape index (κ3) is 3.34. The summed E-state index contributed by atoms with van der Waals surface area (Å²) in [6, 6.07) is 2.18. The van der Waals surface area contributed by atoms with Crippen LogP contribution in [0.3, 0.4) is 0 Å². The molecular weight excluding hydrogens is 314 g/mol. The molecule has 0 spiro atoms. The minimum absolute atomic E-state index is 0.00508. The van der Waals surface area contributed by atoms with E-state index in [2.05, 4.69) is 35.3 Å². The predicted molar refractivity (Wildman–Crippen MR) is 100 cm³/mol. The number of nitrogens with zero attached hydrogens (tertiary/aromatic N) is 4. The van der Waals surface area contributed by atoms with Gasteiger partial charge in [0.25, 0.3) is 5.91 Å². The average Bonchev–Trinajstić information content (AvgIpc) is 2.91. The summed E-state index contributed by atoms with van der Waals surface area (Å²) in [5, 5.41) is 0.873. The lowest BCUT2D eigenvalue weighted by Gasteiger charge is -2.38. The quantitative estimate of drug-likeness (QED) is 0.905. The lowest BCUT2D eigenvalue weighted by Crippen LogP contribution is -2.30. The lowest BCUT2D eigenvalue weighted by atomic mass is 9.71. The molecule has 0 bridgehead atoms. The number of hydrogen-bond donors (Lipinski definition) is 1. The van der Waals surface area contributed by atoms with Gasteiger partial charge >= 0.3 is 0 Å². The fourth-order valence-electron chi connectivity index (χ4n) is 3.98. The Morgan fingerprint density at radius 3 is 2.44 bits per heavy atom. The van der Waals surface area contributed by atoms with Crippen molar-refractivity contribution in [1.82, 2.24) is 19.4 Å². The molecule has 1 aliphatic rings. The van der Waals surface area contributed by atoms with Gasteiger partial charge in [0.05, 0.1) is 0 Å². The molecule has 2 aromatic rings. The van der Waals surface area contributed by atoms with E-state index >= 15 is 0 Å². The minimum atomic E-state index is -0.00508. The number of amides is 1. The monoisotopic (exact) mass is 343 g/mol. The van der Waals surface area contributed by atoms with Gasteiger partial charge in [0, 0.05) is 31.7 Å². The van der Waals surface area contributed by atoms with Gasteiger partial charge in [-0.05, 0) is 43.1 Å². The molecule has 2 aromatic heterocycles. The van der Waals surface area contributed by atoms with Gasteiger partial charge in [0.15, 0.2) is 0 Å². The first-order valence-electron chi connectivity index (χ1n) is 9.03. The van der Waals surface area contributed by atoms with E-state index in [1.54, 1.807) is 25.2 Å². The average molecular weight is 343 g/mol. The van der Waals surface area contributed by atoms with Gasteiger partial charge in [-0.3, -0.25) is 4.79 Å². The second kappa shape index (κ2) is 6.32. The van der Waals surface area contributed by atoms with Crippen molar-refractivity contribution in [2.75, 3.05) is 19.8 Å². The number of hydrogen-bond acceptors (Lipinski definition) is 4. The van der Waals surface area contributed by atoms with Crippen molar-refractivity contribution < 1.29 is 4.79 Å². The Kier molecular flexibility index (Phi) is 4.47. The second-order valence-electron chi connectivity index (χ2n) is 8.48. The molecule has 1 fully saturated rings. The van der Waals surface area contributed by atoms with Crippen molar-refractivity contribution in [2.24, 2.45) is 11.3 Å². The van der Waals surface area contributed by atoms with Crippen LogP contribution in [0.25, 0.3) is 11.0 Å². The van der Waals surface area contributed by atoms with Crippen LogP contribution >= 0.6 is 0 Å². The van der Waals surface area contributed by atoms with Gasteiger partial charge in [0.2, 0.25) is 5.95 Å². The van der Waals surface area contributed by atoms with Gasteiger partial charge in [0.1, 0.15) is 11.3 Å². The number of rotatable bonds is 2. The Hall–Kier alpha value is -2.11. The molecule has 3 rings (SSSR count). The molecule has 0 saturated heterocycles. The maximum Gasteiger partial charge on any atom is 0.270 e. The first-order valence-corrected chi connectivity index (χ1v) is 9.03. The van der Waals surface area contributed by atoms with Crippen molar-refractivity contribution in [1.29, 1.82) is 0 Å². The second-order valence-corrected chi connectivity index (χ2v) is 8.48. The van der Waals surface area contributed by atoms with Crippen molar-refractivity contribution in [2.45, 2.75) is 52.5 Å². The first-order chi connectivity index (χ1) is 11.7. The summed E-state index contributed by atoms with van der Waals surface area (Å²) in [5.41, 5.74) is 7.60. The summed E-state index contributed by atoms with van der Waals surface area (Å²) < 4.78 is 2.11. The molecule has 0 radical (unpaired) electrons. The number of carbonyl (C=O) groups excluding carboxylic acids is 1. The predicted octanol–water partition coefficient (Wildman–Crippen LogP) is 3.49. The van der Waals surface area contributed by atoms with E-state index in [1.165, 1.54) is 12.8 Å². The molecule has 25 heavy (non-hydrogen) atoms. The van der Waals surface area contributed by atoms with Crippen LogP contribution in [0, 0.1) is 11.3 Å². The van der Waals surface area contributed by atoms with Gasteiger partial charge < -0.3 is 15.2 Å². The van der Waals surface area contributed by atoms with E-state index in [4.69, 9.17) is 5.73 Å². The van der Waals surface area contributed by atoms with E-state index in [1.807, 2.05) is 6.07 Å². The zero-order valence-electron chi connectivity index (χ0n) is 15.9. The SMILES string of the molecule is CN(C)C(=O)c1cc2cnc(N)nc2n1C1CCC(C(C)(C)C)CC1. The summed E-state index contributed by atoms with van der Waals surface area (Å²) in [6.45, 7) is 6.95. The van der Waals surface area contributed by atoms with Crippen LogP contribution in [-0.2, 0) is 0 Å². The summed E-state index contributed by atoms with van der Waals surface area (Å²) in [5.74, 6) is 0.965. The van der Waals surface area contributed by atoms with Crippen molar-refractivity contribution in [3.05, 3.63) is 18.0 Å². The molecule has 0 aliphatic heterocycles. The largest absolute Gasteiger partial charge is 0.368 e. The lowest BCUT2D eigenvalue weighted by molar-refractivity contribution is 0.0809. The minimum Gasteiger partial charge on any atom is -0.368 e. The normalized spacial score (nSPS) is 21.5. The van der Waals surface area contributed by atoms with Gasteiger partial charge in [-0.1, -0.05) is 20.8 Å². The van der Waals surface area contributed by atoms with Crippen molar-refractivity contribution >= 4 is 22.9 Å². The van der Waals surface area contributed by atoms with Crippen LogP contribution in [0.1, 0.15) is 63.0 Å². The number of anilines is 1. The Balaban J connectivity index is 2.01. The molecule has 1 saturated carbocycles. The van der Waals surface area contributed by atoms with Crippen LogP contribution in [0.4, 0.5) is 5.95 Å². The number of fused-ring (bicyclic) bond motifs is 1. The summed E-state index contributed by atoms with van der Waals surface area (Å²) in [7, 11) is 3.56. The highest BCUT2D eigenvalue weighted by atomic mass is 16.2. The standard InChI is InChI=1S/C19H29N5O/c1-19(2,3)13-6-8-14(9-7-13)24-15(17(25)23(4)5)10-12-11-21-18(20)22-16(12)24/h10-11,13-14H,6-9H2,1-5H3,(H2,20,21,22). The van der Waals surface area contributed by atoms with Crippen LogP contribution < -0.4 is 5.73 Å². The molecule has 1 aliphatic carbocycles. The van der Waals surface area contributed by atoms with Crippen LogP contribution in [-0.4, -0.2) is 39.4 Å². The molecule has 1 amide bonds. The Labute approximate surface area is 149 Å². The molecule has 136 valence electrons. The van der Waals surface area contributed by atoms with Crippen molar-refractivity contribution in [3.63, 3.8) is 0 Å². The fraction of sp³-hybridized carbons (Fsp3) is 0.632. The van der Waals surface area contributed by atoms with E-state index in [0.29, 0.717) is 11.1 Å². The van der Waals surface area contributed by atoms with E-state index in [0.717, 1.165) is 29.8 Å². The molecule has 6 heteroatoms. The molecule has 2 N–H and O–H groups in total. The van der Waals surface area contributed by atoms with Crippen LogP contribution in [0.5, 0.6) is 0 Å². The van der Waals surface area contributed by atoms with Crippen LogP contribution in [0.15, 0.2) is 12.3 Å². The third-order valence-electron chi connectivity index (χ3n) is 5.51. The number of nitrogens with two attached hydrogens (primary N) is 1. The zero-order valence-corrected chi connectivity index (χ0v) is 15.9. The Morgan fingerprint density at radius 1 is 1.24 bits per heavy atom. The molecule has 0 atom stereocenters. The summed E-state index contributed by atoms with van der Waals surface area (Å²) in [6.07, 6.45) is 6.17. The van der Waals surface area contributed by atoms with Gasteiger partial charge in [-0.15, -0.1) is 0 Å². The van der Waals surface area contributed by atoms with E-state index < -0.39 is 0 Å². The van der Waals surface area contributed by atoms with Crippen LogP contribution in [0.2, 0.25) is 0 Å². The highest BCUT2D eigenvalue weighted by Gasteiger charge is 2.32. The summed E-state index contributed by atoms with van der Waals surface area (Å²) >= 11 is 0. The fourth-order valence-corrected chi connectivity index (χ4v) is 3.98. The molecular formula is C19H29N5O. The molecule has 0 aromatic carbocycles. The maximum atomic E-state index is 12.7. The highest BCUT2D eigenvalue weighted by molar-refractivity contribution is 5.97. The zero-order chi connectivity index (χ0) is 18.4. The van der Waals surface area contributed by atoms with Crippen molar-refractivity contribution in [3.8, 4) is 0 Å². The maximum absolute atomic E-state index is 12.7. The van der Waals surface area contributed by atoms with E-state index in [-0.39, 0.29) is 17.9 Å². The smallest absolute Gasteiger partial charge is 0.270 e. The third-order valence-corrected chi connectivity index (χ3v) is 5.51. The van der Waals surface area contributed by atoms with Gasteiger partial charge in [-0.2, -0.15) is 4.98 Å². The Morgan fingerprint density at radius 2 is 1.88 bits per heavy atom. The topological polar surface area (TPSA) is 77.0 Å². The highest BCUT2D eigenvalue weighted by Crippen LogP contribution is 2.42. The Bertz CT molecular complexity index is 779. The summed E-state index contributed by atoms with van der Waals surface area (Å²) in [4.78, 5) is 22.8. The number of carbonyl (C=O) groups is 1. The number of aromatic nitrogens is 3. The van der Waals surface area contributed by atoms with Gasteiger partial charge in [-0.25, -0.2) is 4.98 Å². The molecule has 2 heterocycles. The number of nitrogen functional groups attached to an aromatic ring is 1. The first kappa shape index (κ1) is 17.7. The van der Waals surface area contributed by atoms with E-state index in [9.17, 15) is 4.79 Å². The molecule has 6 nitrogen and oxygen atoms in total. The molecule has 0 unspecified atom stereocenters.